The predicted molar refractivity (Wildman–Crippen MR) is 123 cm³/mol. The van der Waals surface area contributed by atoms with Gasteiger partial charge in [0.15, 0.2) is 5.01 Å². The lowest BCUT2D eigenvalue weighted by Gasteiger charge is -2.40. The van der Waals surface area contributed by atoms with Gasteiger partial charge in [-0.25, -0.2) is 4.79 Å². The zero-order chi connectivity index (χ0) is 21.5. The molecule has 2 N–H and O–H groups in total. The van der Waals surface area contributed by atoms with E-state index in [4.69, 9.17) is 0 Å². The Hall–Kier alpha value is -2.88. The third kappa shape index (κ3) is 5.84. The van der Waals surface area contributed by atoms with Crippen molar-refractivity contribution in [1.82, 2.24) is 30.3 Å². The summed E-state index contributed by atoms with van der Waals surface area (Å²) in [6, 6.07) is 16.4. The lowest BCUT2D eigenvalue weighted by atomic mass is 10.0. The highest BCUT2D eigenvalue weighted by molar-refractivity contribution is 7.18. The molecule has 3 heterocycles. The lowest BCUT2D eigenvalue weighted by molar-refractivity contribution is 0.0890. The van der Waals surface area contributed by atoms with E-state index in [0.29, 0.717) is 22.7 Å². The van der Waals surface area contributed by atoms with E-state index in [1.807, 2.05) is 18.2 Å². The molecule has 1 aromatic carbocycles. The van der Waals surface area contributed by atoms with Crippen LogP contribution >= 0.6 is 11.3 Å². The number of rotatable bonds is 7. The van der Waals surface area contributed by atoms with Gasteiger partial charge in [-0.05, 0) is 31.2 Å². The van der Waals surface area contributed by atoms with Crippen LogP contribution < -0.4 is 10.6 Å². The number of hydrogen-bond donors (Lipinski definition) is 2. The third-order valence-corrected chi connectivity index (χ3v) is 6.18. The Kier molecular flexibility index (Phi) is 7.18. The van der Waals surface area contributed by atoms with Crippen LogP contribution in [0.4, 0.5) is 9.93 Å². The Morgan fingerprint density at radius 3 is 2.77 bits per heavy atom. The summed E-state index contributed by atoms with van der Waals surface area (Å²) in [4.78, 5) is 21.4. The van der Waals surface area contributed by atoms with E-state index in [-0.39, 0.29) is 6.03 Å². The first-order valence-electron chi connectivity index (χ1n) is 10.5. The van der Waals surface area contributed by atoms with Crippen molar-refractivity contribution in [2.45, 2.75) is 12.5 Å². The summed E-state index contributed by atoms with van der Waals surface area (Å²) >= 11 is 1.30. The molecule has 0 unspecified atom stereocenters. The summed E-state index contributed by atoms with van der Waals surface area (Å²) in [5, 5.41) is 14.9. The summed E-state index contributed by atoms with van der Waals surface area (Å²) in [6.07, 6.45) is 2.59. The van der Waals surface area contributed by atoms with Crippen molar-refractivity contribution in [3.63, 3.8) is 0 Å². The first-order valence-corrected chi connectivity index (χ1v) is 11.3. The van der Waals surface area contributed by atoms with Crippen LogP contribution in [-0.4, -0.2) is 70.8 Å². The number of piperazine rings is 1. The average molecular weight is 438 g/mol. The van der Waals surface area contributed by atoms with Crippen LogP contribution in [0.15, 0.2) is 54.7 Å². The number of carbonyl (C=O) groups excluding carboxylic acids is 1. The minimum absolute atomic E-state index is 0.262. The van der Waals surface area contributed by atoms with E-state index in [9.17, 15) is 4.79 Å². The Balaban J connectivity index is 1.23. The van der Waals surface area contributed by atoms with Gasteiger partial charge in [0, 0.05) is 45.0 Å². The second-order valence-corrected chi connectivity index (χ2v) is 8.56. The fourth-order valence-electron chi connectivity index (χ4n) is 3.71. The van der Waals surface area contributed by atoms with Crippen molar-refractivity contribution in [2.24, 2.45) is 0 Å². The number of anilines is 1. The summed E-state index contributed by atoms with van der Waals surface area (Å²) in [7, 11) is 2.17. The first-order chi connectivity index (χ1) is 15.2. The van der Waals surface area contributed by atoms with Crippen LogP contribution in [0.5, 0.6) is 0 Å². The minimum atomic E-state index is -0.262. The SMILES string of the molecule is CN1CCN(CCCNC(=O)Nc2nnc(-c3ccccn3)s2)[C@@H](c2ccccc2)C1. The van der Waals surface area contributed by atoms with E-state index in [1.165, 1.54) is 16.9 Å². The normalized spacial score (nSPS) is 17.4. The van der Waals surface area contributed by atoms with Crippen LogP contribution in [0.3, 0.4) is 0 Å². The number of carbonyl (C=O) groups is 1. The molecule has 2 amide bonds. The number of amides is 2. The molecule has 1 saturated heterocycles. The molecule has 0 aliphatic carbocycles. The molecule has 8 nitrogen and oxygen atoms in total. The van der Waals surface area contributed by atoms with Gasteiger partial charge in [0.1, 0.15) is 5.69 Å². The van der Waals surface area contributed by atoms with Crippen LogP contribution in [0, 0.1) is 0 Å². The Bertz CT molecular complexity index is 966. The van der Waals surface area contributed by atoms with Gasteiger partial charge >= 0.3 is 6.03 Å². The standard InChI is InChI=1S/C22H27N7OS/c1-28-14-15-29(19(16-28)17-8-3-2-4-9-17)13-7-12-24-21(30)25-22-27-26-20(31-22)18-10-5-6-11-23-18/h2-6,8-11,19H,7,12-16H2,1H3,(H2,24,25,27,30)/t19-/m1/s1. The average Bonchev–Trinajstić information content (AvgIpc) is 3.27. The highest BCUT2D eigenvalue weighted by Crippen LogP contribution is 2.25. The molecular weight excluding hydrogens is 410 g/mol. The number of aromatic nitrogens is 3. The van der Waals surface area contributed by atoms with Crippen LogP contribution in [-0.2, 0) is 0 Å². The molecule has 0 bridgehead atoms. The third-order valence-electron chi connectivity index (χ3n) is 5.32. The quantitative estimate of drug-likeness (QED) is 0.553. The smallest absolute Gasteiger partial charge is 0.321 e. The van der Waals surface area contributed by atoms with Crippen LogP contribution in [0.2, 0.25) is 0 Å². The van der Waals surface area contributed by atoms with E-state index < -0.39 is 0 Å². The second-order valence-electron chi connectivity index (χ2n) is 7.59. The number of urea groups is 1. The molecule has 162 valence electrons. The van der Waals surface area contributed by atoms with Crippen LogP contribution in [0.1, 0.15) is 18.0 Å². The topological polar surface area (TPSA) is 86.3 Å². The summed E-state index contributed by atoms with van der Waals surface area (Å²) in [5.74, 6) is 0. The number of nitrogens with one attached hydrogen (secondary N) is 2. The maximum atomic E-state index is 12.2. The minimum Gasteiger partial charge on any atom is -0.338 e. The maximum Gasteiger partial charge on any atom is 0.321 e. The fourth-order valence-corrected chi connectivity index (χ4v) is 4.42. The largest absolute Gasteiger partial charge is 0.338 e. The molecule has 9 heteroatoms. The molecule has 2 aromatic heterocycles. The zero-order valence-corrected chi connectivity index (χ0v) is 18.4. The monoisotopic (exact) mass is 437 g/mol. The van der Waals surface area contributed by atoms with E-state index >= 15 is 0 Å². The van der Waals surface area contributed by atoms with Crippen molar-refractivity contribution in [3.05, 3.63) is 60.3 Å². The summed E-state index contributed by atoms with van der Waals surface area (Å²) in [5.41, 5.74) is 2.09. The lowest BCUT2D eigenvalue weighted by Crippen LogP contribution is -2.47. The molecular formula is C22H27N7OS. The van der Waals surface area contributed by atoms with Crippen molar-refractivity contribution in [3.8, 4) is 10.7 Å². The second kappa shape index (κ2) is 10.4. The van der Waals surface area contributed by atoms with E-state index in [2.05, 4.69) is 73.0 Å². The predicted octanol–water partition coefficient (Wildman–Crippen LogP) is 3.10. The molecule has 1 fully saturated rings. The molecule has 0 saturated carbocycles. The Morgan fingerprint density at radius 2 is 1.97 bits per heavy atom. The molecule has 3 aromatic rings. The van der Waals surface area contributed by atoms with Crippen LogP contribution in [0.25, 0.3) is 10.7 Å². The number of nitrogens with zero attached hydrogens (tertiary/aromatic N) is 5. The number of hydrogen-bond acceptors (Lipinski definition) is 7. The molecule has 0 radical (unpaired) electrons. The van der Waals surface area contributed by atoms with Crippen molar-refractivity contribution >= 4 is 22.5 Å². The fraction of sp³-hybridized carbons (Fsp3) is 0.364. The van der Waals surface area contributed by atoms with Gasteiger partial charge in [0.25, 0.3) is 0 Å². The Labute approximate surface area is 186 Å². The first kappa shape index (κ1) is 21.4. The van der Waals surface area contributed by atoms with Crippen molar-refractivity contribution in [1.29, 1.82) is 0 Å². The Morgan fingerprint density at radius 1 is 1.13 bits per heavy atom. The maximum absolute atomic E-state index is 12.2. The number of pyridine rings is 1. The highest BCUT2D eigenvalue weighted by Gasteiger charge is 2.25. The van der Waals surface area contributed by atoms with Gasteiger partial charge in [0.05, 0.1) is 0 Å². The van der Waals surface area contributed by atoms with Gasteiger partial charge < -0.3 is 10.2 Å². The van der Waals surface area contributed by atoms with E-state index in [1.54, 1.807) is 6.20 Å². The van der Waals surface area contributed by atoms with Gasteiger partial charge in [0.2, 0.25) is 5.13 Å². The molecule has 4 rings (SSSR count). The van der Waals surface area contributed by atoms with Gasteiger partial charge in [-0.15, -0.1) is 10.2 Å². The molecule has 1 aliphatic heterocycles. The van der Waals surface area contributed by atoms with Gasteiger partial charge in [-0.3, -0.25) is 15.2 Å². The number of benzene rings is 1. The molecule has 31 heavy (non-hydrogen) atoms. The van der Waals surface area contributed by atoms with Crippen molar-refractivity contribution < 1.29 is 4.79 Å². The molecule has 0 spiro atoms. The highest BCUT2D eigenvalue weighted by atomic mass is 32.1. The zero-order valence-electron chi connectivity index (χ0n) is 17.6. The molecule has 1 atom stereocenters. The van der Waals surface area contributed by atoms with Gasteiger partial charge in [-0.1, -0.05) is 47.7 Å². The molecule has 1 aliphatic rings. The summed E-state index contributed by atoms with van der Waals surface area (Å²) < 4.78 is 0. The van der Waals surface area contributed by atoms with Crippen molar-refractivity contribution in [2.75, 3.05) is 45.1 Å². The summed E-state index contributed by atoms with van der Waals surface area (Å²) in [6.45, 7) is 4.66. The van der Waals surface area contributed by atoms with E-state index in [0.717, 1.165) is 38.3 Å². The number of likely N-dealkylation sites (N-methyl/N-ethyl adjacent to an activating group) is 1. The van der Waals surface area contributed by atoms with Gasteiger partial charge in [-0.2, -0.15) is 0 Å².